The Morgan fingerprint density at radius 2 is 2.12 bits per heavy atom. The van der Waals surface area contributed by atoms with Crippen molar-refractivity contribution < 1.29 is 9.47 Å². The number of piperazine rings is 1. The summed E-state index contributed by atoms with van der Waals surface area (Å²) in [5.41, 5.74) is 1.43. The molecule has 2 heterocycles. The molecule has 2 aromatic rings. The van der Waals surface area contributed by atoms with Crippen LogP contribution in [0.4, 0.5) is 0 Å². The fraction of sp³-hybridized carbons (Fsp3) is 0.474. The van der Waals surface area contributed by atoms with Gasteiger partial charge in [0.2, 0.25) is 0 Å². The van der Waals surface area contributed by atoms with Gasteiger partial charge in [0, 0.05) is 36.6 Å². The molecule has 0 bridgehead atoms. The number of ether oxygens (including phenoxy) is 2. The molecule has 0 amide bonds. The fourth-order valence-electron chi connectivity index (χ4n) is 3.11. The summed E-state index contributed by atoms with van der Waals surface area (Å²) in [5, 5.41) is 5.61. The standard InChI is InChI=1S/C19H26N2O2S/c1-19(2)14-21(9-8-20-19)12-15-6-7-17(18(11-15)22-3)23-13-16-5-4-10-24-16/h4-7,10-11,20H,8-9,12-14H2,1-3H3. The minimum Gasteiger partial charge on any atom is -0.493 e. The van der Waals surface area contributed by atoms with Gasteiger partial charge in [0.15, 0.2) is 11.5 Å². The maximum atomic E-state index is 5.91. The van der Waals surface area contributed by atoms with Gasteiger partial charge in [-0.3, -0.25) is 4.90 Å². The minimum absolute atomic E-state index is 0.173. The van der Waals surface area contributed by atoms with Gasteiger partial charge in [-0.2, -0.15) is 0 Å². The molecule has 1 aromatic heterocycles. The van der Waals surface area contributed by atoms with E-state index in [4.69, 9.17) is 9.47 Å². The van der Waals surface area contributed by atoms with Gasteiger partial charge in [-0.15, -0.1) is 11.3 Å². The fourth-order valence-corrected chi connectivity index (χ4v) is 3.73. The Morgan fingerprint density at radius 3 is 2.83 bits per heavy atom. The van der Waals surface area contributed by atoms with Crippen LogP contribution in [0, 0.1) is 0 Å². The summed E-state index contributed by atoms with van der Waals surface area (Å²) >= 11 is 1.70. The summed E-state index contributed by atoms with van der Waals surface area (Å²) in [6.45, 7) is 9.18. The third kappa shape index (κ3) is 4.50. The predicted molar refractivity (Wildman–Crippen MR) is 99.0 cm³/mol. The summed E-state index contributed by atoms with van der Waals surface area (Å²) < 4.78 is 11.4. The monoisotopic (exact) mass is 346 g/mol. The van der Waals surface area contributed by atoms with Crippen LogP contribution < -0.4 is 14.8 Å². The van der Waals surface area contributed by atoms with E-state index >= 15 is 0 Å². The van der Waals surface area contributed by atoms with E-state index in [9.17, 15) is 0 Å². The Bertz CT molecular complexity index is 655. The maximum Gasteiger partial charge on any atom is 0.161 e. The van der Waals surface area contributed by atoms with Gasteiger partial charge in [0.1, 0.15) is 6.61 Å². The van der Waals surface area contributed by atoms with Crippen LogP contribution in [0.25, 0.3) is 0 Å². The van der Waals surface area contributed by atoms with Gasteiger partial charge in [0.25, 0.3) is 0 Å². The molecule has 5 heteroatoms. The molecule has 0 aliphatic carbocycles. The Hall–Kier alpha value is -1.56. The molecular formula is C19H26N2O2S. The number of nitrogens with zero attached hydrogens (tertiary/aromatic N) is 1. The summed E-state index contributed by atoms with van der Waals surface area (Å²) in [7, 11) is 1.70. The summed E-state index contributed by atoms with van der Waals surface area (Å²) in [6.07, 6.45) is 0. The molecule has 1 aliphatic rings. The van der Waals surface area contributed by atoms with Crippen molar-refractivity contribution in [1.29, 1.82) is 0 Å². The topological polar surface area (TPSA) is 33.7 Å². The lowest BCUT2D eigenvalue weighted by Crippen LogP contribution is -2.56. The van der Waals surface area contributed by atoms with Crippen LogP contribution in [0.3, 0.4) is 0 Å². The average Bonchev–Trinajstić information content (AvgIpc) is 3.06. The Morgan fingerprint density at radius 1 is 1.25 bits per heavy atom. The Kier molecular flexibility index (Phi) is 5.43. The molecule has 1 aromatic carbocycles. The molecule has 0 atom stereocenters. The number of thiophene rings is 1. The minimum atomic E-state index is 0.173. The first-order chi connectivity index (χ1) is 11.6. The molecule has 0 radical (unpaired) electrons. The van der Waals surface area contributed by atoms with Crippen molar-refractivity contribution in [3.05, 3.63) is 46.2 Å². The lowest BCUT2D eigenvalue weighted by molar-refractivity contribution is 0.148. The van der Waals surface area contributed by atoms with E-state index < -0.39 is 0 Å². The third-order valence-corrected chi connectivity index (χ3v) is 5.08. The predicted octanol–water partition coefficient (Wildman–Crippen LogP) is 3.52. The quantitative estimate of drug-likeness (QED) is 0.868. The molecule has 0 spiro atoms. The number of hydrogen-bond donors (Lipinski definition) is 1. The zero-order valence-electron chi connectivity index (χ0n) is 14.7. The van der Waals surface area contributed by atoms with Crippen LogP contribution in [0.2, 0.25) is 0 Å². The summed E-state index contributed by atoms with van der Waals surface area (Å²) in [5.74, 6) is 1.61. The highest BCUT2D eigenvalue weighted by molar-refractivity contribution is 7.09. The van der Waals surface area contributed by atoms with Crippen molar-refractivity contribution in [3.63, 3.8) is 0 Å². The zero-order chi connectivity index (χ0) is 17.0. The van der Waals surface area contributed by atoms with Crippen molar-refractivity contribution in [3.8, 4) is 11.5 Å². The molecule has 130 valence electrons. The van der Waals surface area contributed by atoms with E-state index in [1.165, 1.54) is 10.4 Å². The van der Waals surface area contributed by atoms with Gasteiger partial charge in [-0.25, -0.2) is 0 Å². The van der Waals surface area contributed by atoms with Crippen molar-refractivity contribution >= 4 is 11.3 Å². The normalized spacial score (nSPS) is 17.6. The van der Waals surface area contributed by atoms with E-state index in [0.717, 1.165) is 37.7 Å². The maximum absolute atomic E-state index is 5.91. The highest BCUT2D eigenvalue weighted by Gasteiger charge is 2.25. The average molecular weight is 346 g/mol. The van der Waals surface area contributed by atoms with Crippen molar-refractivity contribution in [2.24, 2.45) is 0 Å². The van der Waals surface area contributed by atoms with Crippen LogP contribution in [0.1, 0.15) is 24.3 Å². The number of benzene rings is 1. The number of hydrogen-bond acceptors (Lipinski definition) is 5. The highest BCUT2D eigenvalue weighted by Crippen LogP contribution is 2.30. The van der Waals surface area contributed by atoms with Gasteiger partial charge in [-0.05, 0) is 43.0 Å². The van der Waals surface area contributed by atoms with Crippen molar-refractivity contribution in [1.82, 2.24) is 10.2 Å². The third-order valence-electron chi connectivity index (χ3n) is 4.23. The van der Waals surface area contributed by atoms with E-state index in [1.807, 2.05) is 12.1 Å². The Balaban J connectivity index is 1.65. The molecular weight excluding hydrogens is 320 g/mol. The summed E-state index contributed by atoms with van der Waals surface area (Å²) in [4.78, 5) is 3.70. The second kappa shape index (κ2) is 7.55. The van der Waals surface area contributed by atoms with E-state index in [1.54, 1.807) is 18.4 Å². The molecule has 1 fully saturated rings. The smallest absolute Gasteiger partial charge is 0.161 e. The first-order valence-corrected chi connectivity index (χ1v) is 9.23. The lowest BCUT2D eigenvalue weighted by Gasteiger charge is -2.39. The molecule has 0 saturated carbocycles. The van der Waals surface area contributed by atoms with Crippen LogP contribution in [-0.2, 0) is 13.2 Å². The van der Waals surface area contributed by atoms with Crippen LogP contribution in [0.15, 0.2) is 35.7 Å². The first kappa shape index (κ1) is 17.3. The van der Waals surface area contributed by atoms with E-state index in [-0.39, 0.29) is 5.54 Å². The van der Waals surface area contributed by atoms with Gasteiger partial charge in [-0.1, -0.05) is 12.1 Å². The molecule has 4 nitrogen and oxygen atoms in total. The molecule has 1 saturated heterocycles. The van der Waals surface area contributed by atoms with Crippen LogP contribution in [-0.4, -0.2) is 37.2 Å². The molecule has 24 heavy (non-hydrogen) atoms. The van der Waals surface area contributed by atoms with Crippen LogP contribution >= 0.6 is 11.3 Å². The SMILES string of the molecule is COc1cc(CN2CCNC(C)(C)C2)ccc1OCc1cccs1. The number of methoxy groups -OCH3 is 1. The van der Waals surface area contributed by atoms with E-state index in [2.05, 4.69) is 47.6 Å². The number of nitrogens with one attached hydrogen (secondary N) is 1. The lowest BCUT2D eigenvalue weighted by atomic mass is 10.0. The second-order valence-electron chi connectivity index (χ2n) is 6.87. The van der Waals surface area contributed by atoms with Gasteiger partial charge in [0.05, 0.1) is 7.11 Å². The van der Waals surface area contributed by atoms with Crippen LogP contribution in [0.5, 0.6) is 11.5 Å². The molecule has 1 N–H and O–H groups in total. The van der Waals surface area contributed by atoms with Crippen molar-refractivity contribution in [2.75, 3.05) is 26.7 Å². The second-order valence-corrected chi connectivity index (χ2v) is 7.91. The highest BCUT2D eigenvalue weighted by atomic mass is 32.1. The van der Waals surface area contributed by atoms with E-state index in [0.29, 0.717) is 6.61 Å². The zero-order valence-corrected chi connectivity index (χ0v) is 15.5. The van der Waals surface area contributed by atoms with Gasteiger partial charge < -0.3 is 14.8 Å². The first-order valence-electron chi connectivity index (χ1n) is 8.35. The Labute approximate surface area is 148 Å². The molecule has 3 rings (SSSR count). The largest absolute Gasteiger partial charge is 0.493 e. The molecule has 0 unspecified atom stereocenters. The van der Waals surface area contributed by atoms with Crippen molar-refractivity contribution in [2.45, 2.75) is 32.5 Å². The number of rotatable bonds is 6. The molecule has 1 aliphatic heterocycles. The van der Waals surface area contributed by atoms with Gasteiger partial charge >= 0.3 is 0 Å². The summed E-state index contributed by atoms with van der Waals surface area (Å²) in [6, 6.07) is 10.4.